The average Bonchev–Trinajstić information content (AvgIpc) is 2.84. The molecule has 1 aromatic heterocycles. The summed E-state index contributed by atoms with van der Waals surface area (Å²) in [6, 6.07) is 13.0. The van der Waals surface area contributed by atoms with Crippen molar-refractivity contribution in [1.29, 1.82) is 0 Å². The predicted octanol–water partition coefficient (Wildman–Crippen LogP) is 7.73. The average molecular weight is 503 g/mol. The molecular weight excluding hydrogens is 464 g/mol. The Morgan fingerprint density at radius 2 is 1.72 bits per heavy atom. The Morgan fingerprint density at radius 1 is 0.944 bits per heavy atom. The lowest BCUT2D eigenvalue weighted by atomic mass is 9.84. The van der Waals surface area contributed by atoms with Crippen LogP contribution >= 0.6 is 11.6 Å². The van der Waals surface area contributed by atoms with Crippen LogP contribution in [0.25, 0.3) is 11.4 Å². The zero-order valence-electron chi connectivity index (χ0n) is 22.7. The lowest BCUT2D eigenvalue weighted by Crippen LogP contribution is -2.42. The van der Waals surface area contributed by atoms with Crippen molar-refractivity contribution >= 4 is 23.1 Å². The minimum atomic E-state index is 0.277. The number of aryl methyl sites for hydroxylation is 2. The van der Waals surface area contributed by atoms with Gasteiger partial charge in [-0.3, -0.25) is 0 Å². The number of aromatic nitrogens is 2. The fraction of sp³-hybridized carbons (Fsp3) is 0.484. The topological polar surface area (TPSA) is 32.3 Å². The molecule has 3 heterocycles. The maximum Gasteiger partial charge on any atom is 0.162 e. The van der Waals surface area contributed by atoms with Crippen molar-refractivity contribution in [1.82, 2.24) is 9.97 Å². The Balaban J connectivity index is 1.60. The lowest BCUT2D eigenvalue weighted by Gasteiger charge is -2.41. The standard InChI is InChI=1S/C31H39ClN4/c1-20(2)23-10-8-22(4)28(16-23)35-15-12-27-26(18-35)30(36-14-7-13-31(5,6)19-36)34-29(33-27)25-17-24(32)11-9-21(25)3/h8-11,16-17,20H,7,12-15,18-19H2,1-6H3. The Kier molecular flexibility index (Phi) is 6.76. The van der Waals surface area contributed by atoms with Crippen LogP contribution in [0, 0.1) is 19.3 Å². The number of anilines is 2. The Hall–Kier alpha value is -2.59. The third kappa shape index (κ3) is 4.98. The summed E-state index contributed by atoms with van der Waals surface area (Å²) >= 11 is 6.40. The third-order valence-electron chi connectivity index (χ3n) is 7.92. The maximum atomic E-state index is 6.40. The van der Waals surface area contributed by atoms with E-state index in [0.29, 0.717) is 5.92 Å². The monoisotopic (exact) mass is 502 g/mol. The minimum absolute atomic E-state index is 0.277. The SMILES string of the molecule is Cc1ccc(Cl)cc1-c1nc2c(c(N3CCCC(C)(C)C3)n1)CN(c1cc(C(C)C)ccc1C)CC2. The fourth-order valence-corrected chi connectivity index (χ4v) is 5.92. The zero-order chi connectivity index (χ0) is 25.6. The molecule has 36 heavy (non-hydrogen) atoms. The molecule has 2 aliphatic rings. The van der Waals surface area contributed by atoms with E-state index in [1.807, 2.05) is 12.1 Å². The van der Waals surface area contributed by atoms with Crippen LogP contribution in [0.1, 0.15) is 74.4 Å². The van der Waals surface area contributed by atoms with Gasteiger partial charge in [0.25, 0.3) is 0 Å². The number of piperidine rings is 1. The molecule has 0 bridgehead atoms. The first-order chi connectivity index (χ1) is 17.1. The number of hydrogen-bond donors (Lipinski definition) is 0. The zero-order valence-corrected chi connectivity index (χ0v) is 23.4. The molecule has 4 nitrogen and oxygen atoms in total. The first-order valence-electron chi connectivity index (χ1n) is 13.4. The molecule has 0 amide bonds. The lowest BCUT2D eigenvalue weighted by molar-refractivity contribution is 0.291. The molecule has 0 unspecified atom stereocenters. The molecule has 0 N–H and O–H groups in total. The van der Waals surface area contributed by atoms with Crippen LogP contribution in [0.2, 0.25) is 5.02 Å². The highest BCUT2D eigenvalue weighted by atomic mass is 35.5. The third-order valence-corrected chi connectivity index (χ3v) is 8.15. The van der Waals surface area contributed by atoms with Gasteiger partial charge in [0.1, 0.15) is 5.82 Å². The number of nitrogens with zero attached hydrogens (tertiary/aromatic N) is 4. The van der Waals surface area contributed by atoms with Crippen LogP contribution in [-0.4, -0.2) is 29.6 Å². The Labute approximate surface area is 221 Å². The second-order valence-corrected chi connectivity index (χ2v) is 12.3. The van der Waals surface area contributed by atoms with Crippen molar-refractivity contribution in [3.8, 4) is 11.4 Å². The summed E-state index contributed by atoms with van der Waals surface area (Å²) in [6.07, 6.45) is 3.36. The van der Waals surface area contributed by atoms with Crippen molar-refractivity contribution in [2.24, 2.45) is 5.41 Å². The van der Waals surface area contributed by atoms with E-state index in [4.69, 9.17) is 21.6 Å². The molecule has 5 rings (SSSR count). The van der Waals surface area contributed by atoms with E-state index < -0.39 is 0 Å². The van der Waals surface area contributed by atoms with Gasteiger partial charge in [-0.05, 0) is 72.9 Å². The second-order valence-electron chi connectivity index (χ2n) is 11.8. The summed E-state index contributed by atoms with van der Waals surface area (Å²) in [5.74, 6) is 2.43. The number of rotatable bonds is 4. The van der Waals surface area contributed by atoms with Gasteiger partial charge >= 0.3 is 0 Å². The van der Waals surface area contributed by atoms with Crippen molar-refractivity contribution in [2.75, 3.05) is 29.4 Å². The van der Waals surface area contributed by atoms with Gasteiger partial charge in [0, 0.05) is 54.4 Å². The predicted molar refractivity (Wildman–Crippen MR) is 152 cm³/mol. The minimum Gasteiger partial charge on any atom is -0.366 e. The molecule has 0 atom stereocenters. The first kappa shape index (κ1) is 25.1. The largest absolute Gasteiger partial charge is 0.366 e. The van der Waals surface area contributed by atoms with Crippen LogP contribution in [0.3, 0.4) is 0 Å². The van der Waals surface area contributed by atoms with Crippen molar-refractivity contribution < 1.29 is 0 Å². The molecule has 190 valence electrons. The van der Waals surface area contributed by atoms with Gasteiger partial charge in [-0.25, -0.2) is 9.97 Å². The summed E-state index contributed by atoms with van der Waals surface area (Å²) in [4.78, 5) is 15.5. The van der Waals surface area contributed by atoms with Crippen LogP contribution in [-0.2, 0) is 13.0 Å². The maximum absolute atomic E-state index is 6.40. The van der Waals surface area contributed by atoms with Gasteiger partial charge in [-0.1, -0.05) is 57.5 Å². The first-order valence-corrected chi connectivity index (χ1v) is 13.8. The molecule has 2 aromatic carbocycles. The smallest absolute Gasteiger partial charge is 0.162 e. The highest BCUT2D eigenvalue weighted by Crippen LogP contribution is 2.38. The van der Waals surface area contributed by atoms with Crippen molar-refractivity contribution in [3.05, 3.63) is 69.4 Å². The summed E-state index contributed by atoms with van der Waals surface area (Å²) in [5.41, 5.74) is 9.00. The quantitative estimate of drug-likeness (QED) is 0.365. The molecule has 1 saturated heterocycles. The fourth-order valence-electron chi connectivity index (χ4n) is 5.75. The van der Waals surface area contributed by atoms with Crippen molar-refractivity contribution in [3.63, 3.8) is 0 Å². The van der Waals surface area contributed by atoms with Gasteiger partial charge < -0.3 is 9.80 Å². The Bertz CT molecular complexity index is 1280. The van der Waals surface area contributed by atoms with E-state index in [9.17, 15) is 0 Å². The molecule has 0 radical (unpaired) electrons. The molecule has 0 saturated carbocycles. The number of benzene rings is 2. The van der Waals surface area contributed by atoms with Crippen LogP contribution in [0.4, 0.5) is 11.5 Å². The molecule has 5 heteroatoms. The van der Waals surface area contributed by atoms with E-state index in [-0.39, 0.29) is 5.41 Å². The summed E-state index contributed by atoms with van der Waals surface area (Å²) in [6.45, 7) is 17.5. The number of hydrogen-bond acceptors (Lipinski definition) is 4. The molecule has 0 aliphatic carbocycles. The van der Waals surface area contributed by atoms with Gasteiger partial charge in [-0.2, -0.15) is 0 Å². The number of fused-ring (bicyclic) bond motifs is 1. The van der Waals surface area contributed by atoms with Gasteiger partial charge in [0.15, 0.2) is 5.82 Å². The van der Waals surface area contributed by atoms with Crippen molar-refractivity contribution in [2.45, 2.75) is 73.3 Å². The summed E-state index contributed by atoms with van der Waals surface area (Å²) < 4.78 is 0. The van der Waals surface area contributed by atoms with E-state index in [2.05, 4.69) is 75.6 Å². The van der Waals surface area contributed by atoms with Crippen LogP contribution in [0.5, 0.6) is 0 Å². The van der Waals surface area contributed by atoms with Gasteiger partial charge in [-0.15, -0.1) is 0 Å². The molecule has 1 fully saturated rings. The van der Waals surface area contributed by atoms with Crippen LogP contribution < -0.4 is 9.80 Å². The van der Waals surface area contributed by atoms with E-state index in [1.165, 1.54) is 40.9 Å². The Morgan fingerprint density at radius 3 is 2.47 bits per heavy atom. The van der Waals surface area contributed by atoms with E-state index in [0.717, 1.165) is 60.4 Å². The summed E-state index contributed by atoms with van der Waals surface area (Å²) in [5, 5.41) is 0.726. The van der Waals surface area contributed by atoms with E-state index >= 15 is 0 Å². The summed E-state index contributed by atoms with van der Waals surface area (Å²) in [7, 11) is 0. The van der Waals surface area contributed by atoms with Gasteiger partial charge in [0.2, 0.25) is 0 Å². The molecular formula is C31H39ClN4. The number of halogens is 1. The van der Waals surface area contributed by atoms with E-state index in [1.54, 1.807) is 0 Å². The molecule has 3 aromatic rings. The highest BCUT2D eigenvalue weighted by Gasteiger charge is 2.32. The molecule has 2 aliphatic heterocycles. The van der Waals surface area contributed by atoms with Gasteiger partial charge in [0.05, 0.1) is 5.69 Å². The highest BCUT2D eigenvalue weighted by molar-refractivity contribution is 6.30. The van der Waals surface area contributed by atoms with Crippen LogP contribution in [0.15, 0.2) is 36.4 Å². The normalized spacial score (nSPS) is 17.4. The second kappa shape index (κ2) is 9.70. The molecule has 0 spiro atoms.